The highest BCUT2D eigenvalue weighted by Gasteiger charge is 2.14. The highest BCUT2D eigenvalue weighted by Crippen LogP contribution is 2.25. The van der Waals surface area contributed by atoms with Crippen molar-refractivity contribution in [3.63, 3.8) is 0 Å². The molecule has 6 heteroatoms. The standard InChI is InChI=1S/C10H9ClN2O3/c11-7-2-1-3-9(6(7)4-12)16-5-8(13)10(14)15/h1-3,8H,5,13H2,(H,14,15). The van der Waals surface area contributed by atoms with Crippen LogP contribution in [0.5, 0.6) is 5.75 Å². The van der Waals surface area contributed by atoms with Gasteiger partial charge in [-0.25, -0.2) is 0 Å². The molecule has 0 spiro atoms. The third-order valence-electron chi connectivity index (χ3n) is 1.82. The fourth-order valence-electron chi connectivity index (χ4n) is 0.984. The maximum absolute atomic E-state index is 10.4. The van der Waals surface area contributed by atoms with Crippen LogP contribution in [0.25, 0.3) is 0 Å². The minimum Gasteiger partial charge on any atom is -0.490 e. The van der Waals surface area contributed by atoms with E-state index in [9.17, 15) is 4.79 Å². The second-order valence-corrected chi connectivity index (χ2v) is 3.39. The largest absolute Gasteiger partial charge is 0.490 e. The van der Waals surface area contributed by atoms with Crippen LogP contribution in [0.15, 0.2) is 18.2 Å². The summed E-state index contributed by atoms with van der Waals surface area (Å²) in [6.07, 6.45) is 0. The predicted molar refractivity (Wildman–Crippen MR) is 57.3 cm³/mol. The Morgan fingerprint density at radius 2 is 2.38 bits per heavy atom. The van der Waals surface area contributed by atoms with Gasteiger partial charge < -0.3 is 15.6 Å². The number of hydrogen-bond donors (Lipinski definition) is 2. The normalized spacial score (nSPS) is 11.6. The first kappa shape index (κ1) is 12.3. The van der Waals surface area contributed by atoms with E-state index in [0.29, 0.717) is 0 Å². The summed E-state index contributed by atoms with van der Waals surface area (Å²) in [7, 11) is 0. The zero-order valence-electron chi connectivity index (χ0n) is 8.18. The van der Waals surface area contributed by atoms with Crippen LogP contribution in [0.2, 0.25) is 5.02 Å². The van der Waals surface area contributed by atoms with Gasteiger partial charge >= 0.3 is 5.97 Å². The summed E-state index contributed by atoms with van der Waals surface area (Å²) in [5.74, 6) is -0.938. The number of ether oxygens (including phenoxy) is 1. The van der Waals surface area contributed by atoms with E-state index in [1.165, 1.54) is 6.07 Å². The Balaban J connectivity index is 2.79. The van der Waals surface area contributed by atoms with Crippen molar-refractivity contribution >= 4 is 17.6 Å². The van der Waals surface area contributed by atoms with Crippen molar-refractivity contribution in [1.82, 2.24) is 0 Å². The Hall–Kier alpha value is -1.77. The molecule has 1 atom stereocenters. The molecular weight excluding hydrogens is 232 g/mol. The summed E-state index contributed by atoms with van der Waals surface area (Å²) in [6.45, 7) is -0.218. The number of carbonyl (C=O) groups is 1. The number of carboxylic acids is 1. The summed E-state index contributed by atoms with van der Waals surface area (Å²) >= 11 is 5.76. The Morgan fingerprint density at radius 1 is 1.69 bits per heavy atom. The molecule has 1 unspecified atom stereocenters. The van der Waals surface area contributed by atoms with Crippen molar-refractivity contribution in [3.05, 3.63) is 28.8 Å². The van der Waals surface area contributed by atoms with Crippen LogP contribution in [-0.4, -0.2) is 23.7 Å². The minimum absolute atomic E-state index is 0.168. The Labute approximate surface area is 97.0 Å². The summed E-state index contributed by atoms with van der Waals surface area (Å²) in [5, 5.41) is 17.6. The molecule has 0 fully saturated rings. The molecule has 0 aliphatic rings. The van der Waals surface area contributed by atoms with Crippen LogP contribution in [0.4, 0.5) is 0 Å². The first-order chi connectivity index (χ1) is 7.56. The molecule has 0 aliphatic carbocycles. The lowest BCUT2D eigenvalue weighted by Gasteiger charge is -2.10. The average Bonchev–Trinajstić information content (AvgIpc) is 2.25. The molecule has 0 aliphatic heterocycles. The van der Waals surface area contributed by atoms with Crippen molar-refractivity contribution in [1.29, 1.82) is 5.26 Å². The number of hydrogen-bond acceptors (Lipinski definition) is 4. The molecule has 3 N–H and O–H groups in total. The van der Waals surface area contributed by atoms with E-state index in [1.54, 1.807) is 12.1 Å². The van der Waals surface area contributed by atoms with Crippen molar-refractivity contribution < 1.29 is 14.6 Å². The number of aliphatic carboxylic acids is 1. The average molecular weight is 241 g/mol. The highest BCUT2D eigenvalue weighted by molar-refractivity contribution is 6.31. The van der Waals surface area contributed by atoms with Crippen molar-refractivity contribution in [2.75, 3.05) is 6.61 Å². The van der Waals surface area contributed by atoms with Crippen LogP contribution >= 0.6 is 11.6 Å². The van der Waals surface area contributed by atoms with E-state index in [0.717, 1.165) is 0 Å². The molecule has 16 heavy (non-hydrogen) atoms. The molecule has 1 aromatic carbocycles. The summed E-state index contributed by atoms with van der Waals surface area (Å²) in [5.41, 5.74) is 5.42. The molecule has 0 heterocycles. The fraction of sp³-hybridized carbons (Fsp3) is 0.200. The number of benzene rings is 1. The summed E-state index contributed by atoms with van der Waals surface area (Å²) < 4.78 is 5.12. The zero-order valence-corrected chi connectivity index (χ0v) is 8.94. The van der Waals surface area contributed by atoms with Crippen molar-refractivity contribution in [2.24, 2.45) is 5.73 Å². The quantitative estimate of drug-likeness (QED) is 0.819. The van der Waals surface area contributed by atoms with Crippen LogP contribution in [0.1, 0.15) is 5.56 Å². The molecule has 5 nitrogen and oxygen atoms in total. The lowest BCUT2D eigenvalue weighted by Crippen LogP contribution is -2.36. The van der Waals surface area contributed by atoms with Gasteiger partial charge in [-0.3, -0.25) is 4.79 Å². The third kappa shape index (κ3) is 2.86. The monoisotopic (exact) mass is 240 g/mol. The summed E-state index contributed by atoms with van der Waals surface area (Å²) in [4.78, 5) is 10.4. The maximum atomic E-state index is 10.4. The maximum Gasteiger partial charge on any atom is 0.324 e. The smallest absolute Gasteiger partial charge is 0.324 e. The molecule has 0 saturated carbocycles. The molecule has 1 rings (SSSR count). The molecule has 84 valence electrons. The predicted octanol–water partition coefficient (Wildman–Crippen LogP) is 1.00. The van der Waals surface area contributed by atoms with Gasteiger partial charge in [0, 0.05) is 0 Å². The van der Waals surface area contributed by atoms with Gasteiger partial charge in [0.1, 0.15) is 30.0 Å². The van der Waals surface area contributed by atoms with E-state index < -0.39 is 12.0 Å². The second-order valence-electron chi connectivity index (χ2n) is 2.98. The van der Waals surface area contributed by atoms with Gasteiger partial charge in [0.05, 0.1) is 5.02 Å². The molecule has 0 radical (unpaired) electrons. The van der Waals surface area contributed by atoms with Gasteiger partial charge in [0.15, 0.2) is 0 Å². The van der Waals surface area contributed by atoms with Crippen LogP contribution in [-0.2, 0) is 4.79 Å². The van der Waals surface area contributed by atoms with Gasteiger partial charge in [0.25, 0.3) is 0 Å². The van der Waals surface area contributed by atoms with Crippen LogP contribution in [0.3, 0.4) is 0 Å². The minimum atomic E-state index is -1.17. The zero-order chi connectivity index (χ0) is 12.1. The number of nitriles is 1. The van der Waals surface area contributed by atoms with E-state index in [2.05, 4.69) is 0 Å². The van der Waals surface area contributed by atoms with E-state index in [-0.39, 0.29) is 22.9 Å². The topological polar surface area (TPSA) is 96.3 Å². The number of nitrogens with two attached hydrogens (primary N) is 1. The number of rotatable bonds is 4. The molecule has 0 amide bonds. The lowest BCUT2D eigenvalue weighted by molar-refractivity contribution is -0.139. The first-order valence-corrected chi connectivity index (χ1v) is 4.74. The first-order valence-electron chi connectivity index (χ1n) is 4.36. The molecule has 0 bridgehead atoms. The Kier molecular flexibility index (Phi) is 4.11. The van der Waals surface area contributed by atoms with E-state index in [4.69, 9.17) is 32.4 Å². The van der Waals surface area contributed by atoms with Gasteiger partial charge in [-0.1, -0.05) is 17.7 Å². The van der Waals surface area contributed by atoms with Crippen molar-refractivity contribution in [3.8, 4) is 11.8 Å². The lowest BCUT2D eigenvalue weighted by atomic mass is 10.2. The third-order valence-corrected chi connectivity index (χ3v) is 2.14. The molecule has 0 saturated heterocycles. The van der Waals surface area contributed by atoms with E-state index >= 15 is 0 Å². The highest BCUT2D eigenvalue weighted by atomic mass is 35.5. The second kappa shape index (κ2) is 5.35. The molecule has 0 aromatic heterocycles. The van der Waals surface area contributed by atoms with Gasteiger partial charge in [-0.15, -0.1) is 0 Å². The Bertz CT molecular complexity index is 442. The van der Waals surface area contributed by atoms with Crippen LogP contribution in [0, 0.1) is 11.3 Å². The van der Waals surface area contributed by atoms with Gasteiger partial charge in [-0.05, 0) is 12.1 Å². The van der Waals surface area contributed by atoms with E-state index in [1.807, 2.05) is 6.07 Å². The summed E-state index contributed by atoms with van der Waals surface area (Å²) in [6, 6.07) is 5.41. The SMILES string of the molecule is N#Cc1c(Cl)cccc1OCC(N)C(=O)O. The molecule has 1 aromatic rings. The van der Waals surface area contributed by atoms with Gasteiger partial charge in [0.2, 0.25) is 0 Å². The fourth-order valence-corrected chi connectivity index (χ4v) is 1.19. The van der Waals surface area contributed by atoms with Gasteiger partial charge in [-0.2, -0.15) is 5.26 Å². The van der Waals surface area contributed by atoms with Crippen molar-refractivity contribution in [2.45, 2.75) is 6.04 Å². The molecular formula is C10H9ClN2O3. The number of nitrogens with zero attached hydrogens (tertiary/aromatic N) is 1. The number of halogens is 1. The van der Waals surface area contributed by atoms with Crippen LogP contribution < -0.4 is 10.5 Å². The Morgan fingerprint density at radius 3 is 2.94 bits per heavy atom. The number of carboxylic acid groups (broad SMARTS) is 1.